The van der Waals surface area contributed by atoms with Gasteiger partial charge >= 0.3 is 6.03 Å². The summed E-state index contributed by atoms with van der Waals surface area (Å²) >= 11 is 0. The molecule has 252 valence electrons. The standard InChI is InChI=1S/C37H43N11O/c38-34-31-35(40-23-39-31)47(24-41-34)21-30-22-48(44-43-30)33(29-9-5-2-6-10-29)32(28-7-3-1-4-8-28)45-11-13-46(14-12-45)36(49)42-37-18-25-15-26(19-37)17-27(16-25)20-37/h1-10,22-27,32-33,38H,11-21H2,(H,39,40)(H,42,49)/t25?,26?,27?,32-,33+,37?/m0/s1. The van der Waals surface area contributed by atoms with Gasteiger partial charge in [-0.3, -0.25) is 10.3 Å². The number of nitrogens with one attached hydrogen (secondary N) is 3. The van der Waals surface area contributed by atoms with Crippen molar-refractivity contribution in [2.45, 2.75) is 62.7 Å². The fraction of sp³-hybridized carbons (Fsp3) is 0.459. The first kappa shape index (κ1) is 30.2. The Kier molecular flexibility index (Phi) is 7.55. The Morgan fingerprint density at radius 2 is 1.51 bits per heavy atom. The molecule has 0 spiro atoms. The minimum Gasteiger partial charge on any atom is -0.340 e. The number of aromatic amines is 1. The number of carbonyl (C=O) groups is 1. The van der Waals surface area contributed by atoms with Gasteiger partial charge in [-0.25, -0.2) is 19.4 Å². The number of hydrogen-bond acceptors (Lipinski definition) is 7. The molecule has 2 amide bonds. The van der Waals surface area contributed by atoms with Crippen LogP contribution in [0.5, 0.6) is 0 Å². The zero-order chi connectivity index (χ0) is 33.0. The van der Waals surface area contributed by atoms with Crippen molar-refractivity contribution in [3.8, 4) is 0 Å². The maximum absolute atomic E-state index is 13.8. The van der Waals surface area contributed by atoms with Crippen LogP contribution in [0.15, 0.2) is 79.5 Å². The molecule has 5 aromatic rings. The summed E-state index contributed by atoms with van der Waals surface area (Å²) in [5, 5.41) is 21.1. The molecule has 3 N–H and O–H groups in total. The number of aromatic nitrogens is 7. The molecule has 1 aliphatic heterocycles. The molecule has 49 heavy (non-hydrogen) atoms. The van der Waals surface area contributed by atoms with E-state index >= 15 is 0 Å². The van der Waals surface area contributed by atoms with Crippen LogP contribution in [-0.2, 0) is 6.54 Å². The van der Waals surface area contributed by atoms with Crippen LogP contribution in [0.1, 0.15) is 67.4 Å². The zero-order valence-electron chi connectivity index (χ0n) is 27.7. The van der Waals surface area contributed by atoms with Crippen LogP contribution in [0.2, 0.25) is 0 Å². The zero-order valence-corrected chi connectivity index (χ0v) is 27.7. The highest BCUT2D eigenvalue weighted by Gasteiger charge is 2.52. The predicted octanol–water partition coefficient (Wildman–Crippen LogP) is 4.51. The van der Waals surface area contributed by atoms with E-state index in [-0.39, 0.29) is 29.1 Å². The second kappa shape index (κ2) is 12.2. The molecule has 12 nitrogen and oxygen atoms in total. The van der Waals surface area contributed by atoms with Crippen LogP contribution >= 0.6 is 0 Å². The number of H-pyrrole nitrogens is 1. The molecule has 4 saturated carbocycles. The summed E-state index contributed by atoms with van der Waals surface area (Å²) in [4.78, 5) is 30.0. The monoisotopic (exact) mass is 657 g/mol. The van der Waals surface area contributed by atoms with Crippen molar-refractivity contribution in [1.29, 1.82) is 5.41 Å². The average Bonchev–Trinajstić information content (AvgIpc) is 3.80. The van der Waals surface area contributed by atoms with E-state index < -0.39 is 0 Å². The van der Waals surface area contributed by atoms with Gasteiger partial charge in [0.2, 0.25) is 0 Å². The lowest BCUT2D eigenvalue weighted by Gasteiger charge is -2.57. The molecule has 5 aliphatic rings. The SMILES string of the molecule is N=c1ncn(Cc2cn([C@H](c3ccccc3)[C@H](c3ccccc3)N3CCN(C(=O)NC45CC6CC(CC(C6)C4)C5)CC3)nn2)c2nc[nH]c12. The third kappa shape index (κ3) is 5.71. The Balaban J connectivity index is 0.981. The van der Waals surface area contributed by atoms with Crippen LogP contribution in [0.3, 0.4) is 0 Å². The molecular weight excluding hydrogens is 614 g/mol. The summed E-state index contributed by atoms with van der Waals surface area (Å²) in [6.07, 6.45) is 12.8. The van der Waals surface area contributed by atoms with Gasteiger partial charge in [0.1, 0.15) is 11.2 Å². The highest BCUT2D eigenvalue weighted by molar-refractivity contribution is 5.75. The van der Waals surface area contributed by atoms with Crippen LogP contribution in [0.4, 0.5) is 4.79 Å². The Morgan fingerprint density at radius 3 is 2.16 bits per heavy atom. The van der Waals surface area contributed by atoms with Crippen molar-refractivity contribution in [3.05, 3.63) is 102 Å². The lowest BCUT2D eigenvalue weighted by Crippen LogP contribution is -2.63. The van der Waals surface area contributed by atoms with Gasteiger partial charge in [0, 0.05) is 31.7 Å². The number of carbonyl (C=O) groups excluding carboxylic acids is 1. The summed E-state index contributed by atoms with van der Waals surface area (Å²) in [5.41, 5.74) is 4.52. The second-order valence-electron chi connectivity index (χ2n) is 14.9. The fourth-order valence-electron chi connectivity index (χ4n) is 9.88. The molecule has 0 unspecified atom stereocenters. The number of nitrogens with zero attached hydrogens (tertiary/aromatic N) is 8. The van der Waals surface area contributed by atoms with E-state index in [0.717, 1.165) is 61.4 Å². The molecule has 2 aromatic carbocycles. The number of rotatable bonds is 8. The number of urea groups is 1. The Bertz CT molecular complexity index is 1960. The van der Waals surface area contributed by atoms with Gasteiger partial charge in [-0.1, -0.05) is 65.9 Å². The maximum Gasteiger partial charge on any atom is 0.317 e. The van der Waals surface area contributed by atoms with E-state index in [0.29, 0.717) is 30.8 Å². The van der Waals surface area contributed by atoms with Gasteiger partial charge < -0.3 is 19.8 Å². The number of fused-ring (bicyclic) bond motifs is 1. The summed E-state index contributed by atoms with van der Waals surface area (Å²) in [6, 6.07) is 21.1. The Labute approximate surface area is 285 Å². The van der Waals surface area contributed by atoms with Crippen LogP contribution in [0, 0.1) is 23.2 Å². The molecule has 12 heteroatoms. The smallest absolute Gasteiger partial charge is 0.317 e. The van der Waals surface area contributed by atoms with Crippen molar-refractivity contribution in [2.75, 3.05) is 26.2 Å². The molecule has 4 heterocycles. The van der Waals surface area contributed by atoms with Gasteiger partial charge in [0.25, 0.3) is 0 Å². The summed E-state index contributed by atoms with van der Waals surface area (Å²) in [6.45, 7) is 3.30. The van der Waals surface area contributed by atoms with E-state index in [1.807, 2.05) is 26.4 Å². The molecule has 4 aliphatic carbocycles. The first-order valence-electron chi connectivity index (χ1n) is 17.8. The molecule has 10 rings (SSSR count). The van der Waals surface area contributed by atoms with Crippen molar-refractivity contribution in [3.63, 3.8) is 0 Å². The third-order valence-electron chi connectivity index (χ3n) is 11.6. The number of hydrogen-bond donors (Lipinski definition) is 3. The van der Waals surface area contributed by atoms with Gasteiger partial charge in [-0.05, 0) is 67.4 Å². The summed E-state index contributed by atoms with van der Waals surface area (Å²) < 4.78 is 3.88. The van der Waals surface area contributed by atoms with Gasteiger partial charge in [0.05, 0.1) is 37.5 Å². The lowest BCUT2D eigenvalue weighted by molar-refractivity contribution is -0.0169. The van der Waals surface area contributed by atoms with E-state index in [1.54, 1.807) is 12.7 Å². The molecule has 4 bridgehead atoms. The largest absolute Gasteiger partial charge is 0.340 e. The number of amides is 2. The predicted molar refractivity (Wildman–Crippen MR) is 183 cm³/mol. The quantitative estimate of drug-likeness (QED) is 0.225. The lowest BCUT2D eigenvalue weighted by atomic mass is 9.53. The number of benzene rings is 2. The van der Waals surface area contributed by atoms with Gasteiger partial charge in [-0.2, -0.15) is 0 Å². The van der Waals surface area contributed by atoms with Crippen molar-refractivity contribution < 1.29 is 4.79 Å². The topological polar surface area (TPSA) is 137 Å². The molecule has 3 aromatic heterocycles. The second-order valence-corrected chi connectivity index (χ2v) is 14.9. The Morgan fingerprint density at radius 1 is 0.878 bits per heavy atom. The van der Waals surface area contributed by atoms with E-state index in [1.165, 1.54) is 24.8 Å². The van der Waals surface area contributed by atoms with Gasteiger partial charge in [-0.15, -0.1) is 5.10 Å². The molecule has 2 atom stereocenters. The molecule has 5 fully saturated rings. The maximum atomic E-state index is 13.8. The molecular formula is C37H43N11O. The normalized spacial score (nSPS) is 26.2. The van der Waals surface area contributed by atoms with Crippen LogP contribution < -0.4 is 10.8 Å². The van der Waals surface area contributed by atoms with E-state index in [4.69, 9.17) is 10.6 Å². The van der Waals surface area contributed by atoms with Crippen LogP contribution in [-0.4, -0.2) is 82.1 Å². The van der Waals surface area contributed by atoms with Crippen LogP contribution in [0.25, 0.3) is 11.2 Å². The minimum atomic E-state index is -0.165. The number of piperazine rings is 1. The van der Waals surface area contributed by atoms with Crippen molar-refractivity contribution in [1.82, 2.24) is 49.6 Å². The highest BCUT2D eigenvalue weighted by atomic mass is 16.2. The minimum absolute atomic E-state index is 0.0132. The summed E-state index contributed by atoms with van der Waals surface area (Å²) in [5.74, 6) is 2.40. The van der Waals surface area contributed by atoms with Crippen molar-refractivity contribution in [2.24, 2.45) is 17.8 Å². The van der Waals surface area contributed by atoms with E-state index in [9.17, 15) is 4.79 Å². The van der Waals surface area contributed by atoms with Gasteiger partial charge in [0.15, 0.2) is 11.1 Å². The molecule has 0 radical (unpaired) electrons. The average molecular weight is 658 g/mol. The first-order valence-corrected chi connectivity index (χ1v) is 17.8. The highest BCUT2D eigenvalue weighted by Crippen LogP contribution is 2.55. The first-order chi connectivity index (χ1) is 24.0. The number of imidazole rings is 1. The Hall–Kier alpha value is -4.84. The fourth-order valence-corrected chi connectivity index (χ4v) is 9.88. The van der Waals surface area contributed by atoms with E-state index in [2.05, 4.69) is 84.9 Å². The molecule has 1 saturated heterocycles. The third-order valence-corrected chi connectivity index (χ3v) is 11.6. The van der Waals surface area contributed by atoms with Crippen molar-refractivity contribution >= 4 is 17.2 Å². The summed E-state index contributed by atoms with van der Waals surface area (Å²) in [7, 11) is 0.